The van der Waals surface area contributed by atoms with Crippen molar-refractivity contribution in [1.29, 1.82) is 0 Å². The van der Waals surface area contributed by atoms with Gasteiger partial charge in [-0.1, -0.05) is 19.9 Å². The number of nitrogens with one attached hydrogen (secondary N) is 2. The fourth-order valence-corrected chi connectivity index (χ4v) is 13.5. The van der Waals surface area contributed by atoms with Gasteiger partial charge in [0, 0.05) is 106 Å². The number of piperazine rings is 1. The molecule has 2 aliphatic carbocycles. The standard InChI is InChI=1S/C56H79N9O8S/c1-55(2,3)73-54(69)59-47(52(67)65-23-11-13-41(60-65)53(68)71-7)49(63-20-8-9-21-63)51-58-42(33-74-51)36-14-17-43-39(30-36)44-45(56(4,5)34-66)50(70-6)46-40(48(44)64(43)22-10-12-35-18-28-72-29-19-35)31-38(32-57-46)62-26-24-61(25-27-62)37-15-16-37/h14,17,30-33,35,37,41,45,47,49-50,60,66H,8-13,15-16,18-29,34H2,1-7H3,(H,59,69)/t41-,45?,47?,49-,50-/m0/s1. The number of alkyl carbamates (subject to hydrolysis) is 1. The number of hydrogen-bond acceptors (Lipinski definition) is 15. The second-order valence-electron chi connectivity index (χ2n) is 23.2. The Morgan fingerprint density at radius 3 is 2.39 bits per heavy atom. The Balaban J connectivity index is 1.07. The number of carbonyl (C=O) groups excluding carboxylic acids is 3. The molecule has 17 nitrogen and oxygen atoms in total. The van der Waals surface area contributed by atoms with Crippen LogP contribution in [0.25, 0.3) is 33.4 Å². The van der Waals surface area contributed by atoms with E-state index in [2.05, 4.69) is 73.5 Å². The van der Waals surface area contributed by atoms with Gasteiger partial charge in [-0.05, 0) is 133 Å². The third-order valence-electron chi connectivity index (χ3n) is 16.5. The van der Waals surface area contributed by atoms with Gasteiger partial charge < -0.3 is 38.8 Å². The van der Waals surface area contributed by atoms with E-state index in [1.165, 1.54) is 36.3 Å². The van der Waals surface area contributed by atoms with E-state index in [1.54, 1.807) is 27.9 Å². The lowest BCUT2D eigenvalue weighted by Crippen LogP contribution is -2.62. The minimum Gasteiger partial charge on any atom is -0.468 e. The fraction of sp³-hybridized carbons (Fsp3) is 0.661. The number of fused-ring (bicyclic) bond motifs is 5. The molecule has 18 heteroatoms. The molecule has 5 fully saturated rings. The van der Waals surface area contributed by atoms with Crippen LogP contribution >= 0.6 is 11.3 Å². The average molecular weight is 1040 g/mol. The van der Waals surface area contributed by atoms with E-state index in [0.29, 0.717) is 30.3 Å². The Labute approximate surface area is 440 Å². The van der Waals surface area contributed by atoms with E-state index in [-0.39, 0.29) is 18.4 Å². The van der Waals surface area contributed by atoms with Crippen LogP contribution in [-0.2, 0) is 35.1 Å². The van der Waals surface area contributed by atoms with Crippen molar-refractivity contribution < 1.29 is 38.4 Å². The first-order valence-electron chi connectivity index (χ1n) is 27.4. The number of amides is 2. The molecular weight excluding hydrogens is 959 g/mol. The fourth-order valence-electron chi connectivity index (χ4n) is 12.5. The monoisotopic (exact) mass is 1040 g/mol. The zero-order valence-corrected chi connectivity index (χ0v) is 45.5. The molecule has 1 saturated carbocycles. The number of esters is 1. The van der Waals surface area contributed by atoms with E-state index in [0.717, 1.165) is 154 Å². The maximum Gasteiger partial charge on any atom is 0.408 e. The third-order valence-corrected chi connectivity index (χ3v) is 17.4. The zero-order valence-electron chi connectivity index (χ0n) is 44.7. The summed E-state index contributed by atoms with van der Waals surface area (Å²) in [6.45, 7) is 17.9. The lowest BCUT2D eigenvalue weighted by Gasteiger charge is -2.42. The van der Waals surface area contributed by atoms with Crippen molar-refractivity contribution >= 4 is 45.9 Å². The van der Waals surface area contributed by atoms with Gasteiger partial charge in [0.1, 0.15) is 28.8 Å². The third kappa shape index (κ3) is 11.0. The number of ether oxygens (including phenoxy) is 4. The maximum absolute atomic E-state index is 14.9. The molecule has 10 rings (SSSR count). The van der Waals surface area contributed by atoms with Gasteiger partial charge in [-0.3, -0.25) is 29.4 Å². The van der Waals surface area contributed by atoms with Gasteiger partial charge in [-0.25, -0.2) is 15.2 Å². The SMILES string of the molecule is COC(=O)[C@@H]1CCCN(C(=O)C(NC(=O)OC(C)(C)C)[C@@H](c2nc(-c3ccc4c(c3)c3c(n4CCCC4CCOCC4)-c4cc(N5CCN(C6CC6)CC5)cnc4[C@@H](OC)C3C(C)(C)CO)cs2)N2CCCC2)N1. The quantitative estimate of drug-likeness (QED) is 0.0927. The smallest absolute Gasteiger partial charge is 0.408 e. The molecular formula is C56H79N9O8S. The summed E-state index contributed by atoms with van der Waals surface area (Å²) in [7, 11) is 3.11. The van der Waals surface area contributed by atoms with Gasteiger partial charge in [-0.2, -0.15) is 0 Å². The molecule has 3 N–H and O–H groups in total. The average Bonchev–Trinajstić information content (AvgIpc) is 3.76. The summed E-state index contributed by atoms with van der Waals surface area (Å²) in [5, 5.41) is 19.6. The number of methoxy groups -OCH3 is 2. The number of thiazole rings is 1. The highest BCUT2D eigenvalue weighted by atomic mass is 32.1. The number of anilines is 1. The lowest BCUT2D eigenvalue weighted by atomic mass is 9.67. The minimum atomic E-state index is -1.09. The summed E-state index contributed by atoms with van der Waals surface area (Å²) in [5.41, 5.74) is 9.92. The number of hydrogen-bond donors (Lipinski definition) is 3. The molecule has 0 bridgehead atoms. The number of benzene rings is 1. The van der Waals surface area contributed by atoms with Gasteiger partial charge in [0.15, 0.2) is 0 Å². The molecule has 6 aliphatic rings. The van der Waals surface area contributed by atoms with Crippen LogP contribution in [0.2, 0.25) is 0 Å². The van der Waals surface area contributed by atoms with Gasteiger partial charge in [0.05, 0.1) is 42.1 Å². The number of aryl methyl sites for hydroxylation is 1. The number of pyridine rings is 1. The van der Waals surface area contributed by atoms with Crippen LogP contribution < -0.4 is 15.6 Å². The predicted octanol–water partition coefficient (Wildman–Crippen LogP) is 7.82. The van der Waals surface area contributed by atoms with E-state index in [9.17, 15) is 19.5 Å². The Hall–Kier alpha value is -4.69. The summed E-state index contributed by atoms with van der Waals surface area (Å²) >= 11 is 1.47. The largest absolute Gasteiger partial charge is 0.468 e. The molecule has 2 unspecified atom stereocenters. The zero-order chi connectivity index (χ0) is 51.9. The number of nitrogens with zero attached hydrogens (tertiary/aromatic N) is 7. The number of aromatic nitrogens is 3. The van der Waals surface area contributed by atoms with Crippen LogP contribution in [-0.4, -0.2) is 156 Å². The number of rotatable bonds is 16. The van der Waals surface area contributed by atoms with Gasteiger partial charge in [0.25, 0.3) is 5.91 Å². The van der Waals surface area contributed by atoms with Crippen LogP contribution in [0.15, 0.2) is 35.8 Å². The summed E-state index contributed by atoms with van der Waals surface area (Å²) in [6, 6.07) is 7.36. The molecule has 0 radical (unpaired) electrons. The van der Waals surface area contributed by atoms with Crippen molar-refractivity contribution in [3.63, 3.8) is 0 Å². The van der Waals surface area contributed by atoms with Crippen LogP contribution in [0.4, 0.5) is 10.5 Å². The van der Waals surface area contributed by atoms with Crippen molar-refractivity contribution in [2.24, 2.45) is 11.3 Å². The second-order valence-corrected chi connectivity index (χ2v) is 24.1. The van der Waals surface area contributed by atoms with E-state index in [4.69, 9.17) is 28.9 Å². The minimum absolute atomic E-state index is 0.0490. The molecule has 4 aliphatic heterocycles. The normalized spacial score (nSPS) is 23.1. The summed E-state index contributed by atoms with van der Waals surface area (Å²) in [5.74, 6) is -0.441. The number of aliphatic hydroxyl groups excluding tert-OH is 1. The molecule has 1 aromatic carbocycles. The number of likely N-dealkylation sites (tertiary alicyclic amines) is 1. The second kappa shape index (κ2) is 22.1. The van der Waals surface area contributed by atoms with Crippen LogP contribution in [0.3, 0.4) is 0 Å². The maximum atomic E-state index is 14.9. The van der Waals surface area contributed by atoms with Crippen molar-refractivity contribution in [1.82, 2.24) is 40.1 Å². The molecule has 4 aromatic rings. The predicted molar refractivity (Wildman–Crippen MR) is 286 cm³/mol. The van der Waals surface area contributed by atoms with Gasteiger partial charge in [-0.15, -0.1) is 11.3 Å². The van der Waals surface area contributed by atoms with Crippen molar-refractivity contribution in [3.05, 3.63) is 52.1 Å². The molecule has 4 saturated heterocycles. The molecule has 3 aromatic heterocycles. The number of hydrazine groups is 1. The Kier molecular flexibility index (Phi) is 15.8. The van der Waals surface area contributed by atoms with Gasteiger partial charge in [0.2, 0.25) is 0 Å². The summed E-state index contributed by atoms with van der Waals surface area (Å²) < 4.78 is 25.7. The van der Waals surface area contributed by atoms with Crippen molar-refractivity contribution in [2.75, 3.05) is 84.8 Å². The van der Waals surface area contributed by atoms with Crippen molar-refractivity contribution in [3.8, 4) is 22.5 Å². The molecule has 402 valence electrons. The number of aliphatic hydroxyl groups is 1. The number of carbonyl (C=O) groups is 3. The van der Waals surface area contributed by atoms with Crippen LogP contribution in [0, 0.1) is 11.3 Å². The van der Waals surface area contributed by atoms with Crippen LogP contribution in [0.5, 0.6) is 0 Å². The Morgan fingerprint density at radius 2 is 1.70 bits per heavy atom. The highest BCUT2D eigenvalue weighted by Gasteiger charge is 2.48. The molecule has 5 atom stereocenters. The topological polar surface area (TPSA) is 176 Å². The van der Waals surface area contributed by atoms with Gasteiger partial charge >= 0.3 is 12.1 Å². The Morgan fingerprint density at radius 1 is 0.946 bits per heavy atom. The summed E-state index contributed by atoms with van der Waals surface area (Å²) in [6.07, 6.45) is 10.8. The summed E-state index contributed by atoms with van der Waals surface area (Å²) in [4.78, 5) is 59.5. The van der Waals surface area contributed by atoms with E-state index >= 15 is 0 Å². The lowest BCUT2D eigenvalue weighted by molar-refractivity contribution is -0.151. The highest BCUT2D eigenvalue weighted by molar-refractivity contribution is 7.10. The Bertz CT molecular complexity index is 2640. The first kappa shape index (κ1) is 52.7. The highest BCUT2D eigenvalue weighted by Crippen LogP contribution is 2.57. The molecule has 7 heterocycles. The first-order valence-corrected chi connectivity index (χ1v) is 28.3. The molecule has 74 heavy (non-hydrogen) atoms. The molecule has 0 spiro atoms. The first-order chi connectivity index (χ1) is 35.7. The molecule has 2 amide bonds. The van der Waals surface area contributed by atoms with Crippen LogP contribution in [0.1, 0.15) is 133 Å². The van der Waals surface area contributed by atoms with E-state index in [1.807, 2.05) is 6.20 Å². The van der Waals surface area contributed by atoms with E-state index < -0.39 is 47.3 Å². The van der Waals surface area contributed by atoms with Crippen molar-refractivity contribution in [2.45, 2.75) is 147 Å².